The molecule has 3 nitrogen and oxygen atoms in total. The van der Waals surface area contributed by atoms with Gasteiger partial charge in [-0.25, -0.2) is 0 Å². The predicted molar refractivity (Wildman–Crippen MR) is 73.4 cm³/mol. The molecule has 1 unspecified atom stereocenters. The molecule has 1 saturated carbocycles. The van der Waals surface area contributed by atoms with Crippen LogP contribution in [0.5, 0.6) is 0 Å². The van der Waals surface area contributed by atoms with Gasteiger partial charge in [0.25, 0.3) is 0 Å². The first kappa shape index (κ1) is 14.9. The lowest BCUT2D eigenvalue weighted by Crippen LogP contribution is -2.39. The van der Waals surface area contributed by atoms with Crippen LogP contribution in [0.25, 0.3) is 0 Å². The van der Waals surface area contributed by atoms with Crippen LogP contribution in [0.15, 0.2) is 0 Å². The maximum Gasteiger partial charge on any atom is 0.0613 e. The summed E-state index contributed by atoms with van der Waals surface area (Å²) in [5.74, 6) is 0.816. The van der Waals surface area contributed by atoms with E-state index in [1.54, 1.807) is 7.11 Å². The third-order valence-electron chi connectivity index (χ3n) is 3.37. The van der Waals surface area contributed by atoms with Gasteiger partial charge in [-0.05, 0) is 38.6 Å². The Morgan fingerprint density at radius 2 is 1.94 bits per heavy atom. The maximum atomic E-state index is 5.12. The minimum Gasteiger partial charge on any atom is -0.383 e. The maximum absolute atomic E-state index is 5.12. The Morgan fingerprint density at radius 1 is 1.24 bits per heavy atom. The molecule has 0 bridgehead atoms. The van der Waals surface area contributed by atoms with Crippen LogP contribution in [0.3, 0.4) is 0 Å². The van der Waals surface area contributed by atoms with Crippen molar-refractivity contribution >= 4 is 0 Å². The second kappa shape index (κ2) is 8.06. The van der Waals surface area contributed by atoms with Crippen LogP contribution in [0.4, 0.5) is 0 Å². The molecule has 17 heavy (non-hydrogen) atoms. The van der Waals surface area contributed by atoms with Gasteiger partial charge in [0.15, 0.2) is 0 Å². The Morgan fingerprint density at radius 3 is 2.47 bits per heavy atom. The van der Waals surface area contributed by atoms with Gasteiger partial charge >= 0.3 is 0 Å². The number of hydrogen-bond acceptors (Lipinski definition) is 3. The van der Waals surface area contributed by atoms with Crippen LogP contribution < -0.4 is 5.32 Å². The monoisotopic (exact) mass is 242 g/mol. The molecule has 0 amide bonds. The number of methoxy groups -OCH3 is 1. The summed E-state index contributed by atoms with van der Waals surface area (Å²) in [4.78, 5) is 2.66. The van der Waals surface area contributed by atoms with Crippen LogP contribution in [0.1, 0.15) is 40.0 Å². The zero-order valence-electron chi connectivity index (χ0n) is 12.0. The van der Waals surface area contributed by atoms with Gasteiger partial charge in [0.05, 0.1) is 6.61 Å². The van der Waals surface area contributed by atoms with Crippen molar-refractivity contribution in [2.75, 3.05) is 33.4 Å². The molecular weight excluding hydrogens is 212 g/mol. The molecule has 0 saturated heterocycles. The van der Waals surface area contributed by atoms with E-state index >= 15 is 0 Å². The number of nitrogens with one attached hydrogen (secondary N) is 1. The van der Waals surface area contributed by atoms with Crippen molar-refractivity contribution in [3.05, 3.63) is 0 Å². The van der Waals surface area contributed by atoms with Crippen molar-refractivity contribution in [1.82, 2.24) is 10.2 Å². The average molecular weight is 242 g/mol. The molecular formula is C14H30N2O. The number of hydrogen-bond donors (Lipinski definition) is 1. The van der Waals surface area contributed by atoms with Gasteiger partial charge in [-0.3, -0.25) is 4.90 Å². The van der Waals surface area contributed by atoms with Gasteiger partial charge in [-0.1, -0.05) is 13.8 Å². The second-order valence-electron chi connectivity index (χ2n) is 5.76. The smallest absolute Gasteiger partial charge is 0.0613 e. The van der Waals surface area contributed by atoms with Crippen molar-refractivity contribution in [1.29, 1.82) is 0 Å². The van der Waals surface area contributed by atoms with E-state index in [0.717, 1.165) is 25.1 Å². The molecule has 1 aliphatic rings. The highest BCUT2D eigenvalue weighted by molar-refractivity contribution is 4.85. The Balaban J connectivity index is 2.11. The quantitative estimate of drug-likeness (QED) is 0.635. The summed E-state index contributed by atoms with van der Waals surface area (Å²) in [7, 11) is 1.76. The summed E-state index contributed by atoms with van der Waals surface area (Å²) < 4.78 is 5.12. The molecule has 1 atom stereocenters. The molecule has 0 aliphatic heterocycles. The molecule has 102 valence electrons. The van der Waals surface area contributed by atoms with Gasteiger partial charge in [0, 0.05) is 32.3 Å². The van der Waals surface area contributed by atoms with E-state index in [-0.39, 0.29) is 0 Å². The molecule has 0 radical (unpaired) electrons. The molecule has 0 heterocycles. The van der Waals surface area contributed by atoms with Gasteiger partial charge < -0.3 is 10.1 Å². The summed E-state index contributed by atoms with van der Waals surface area (Å²) in [6.45, 7) is 11.1. The fraction of sp³-hybridized carbons (Fsp3) is 1.00. The van der Waals surface area contributed by atoms with Crippen LogP contribution in [-0.2, 0) is 4.74 Å². The first-order valence-corrected chi connectivity index (χ1v) is 7.09. The topological polar surface area (TPSA) is 24.5 Å². The summed E-state index contributed by atoms with van der Waals surface area (Å²) in [5.41, 5.74) is 0. The SMILES string of the molecule is COCC(C)NCCN(CCC(C)C)C1CC1. The molecule has 1 rings (SSSR count). The Hall–Kier alpha value is -0.120. The first-order chi connectivity index (χ1) is 8.13. The highest BCUT2D eigenvalue weighted by Crippen LogP contribution is 2.26. The van der Waals surface area contributed by atoms with E-state index in [0.29, 0.717) is 6.04 Å². The summed E-state index contributed by atoms with van der Waals surface area (Å²) in [6, 6.07) is 1.35. The van der Waals surface area contributed by atoms with Crippen LogP contribution >= 0.6 is 0 Å². The van der Waals surface area contributed by atoms with Crippen LogP contribution in [0.2, 0.25) is 0 Å². The molecule has 0 spiro atoms. The number of nitrogens with zero attached hydrogens (tertiary/aromatic N) is 1. The third kappa shape index (κ3) is 7.02. The van der Waals surface area contributed by atoms with E-state index in [9.17, 15) is 0 Å². The molecule has 0 aromatic carbocycles. The zero-order chi connectivity index (χ0) is 12.7. The van der Waals surface area contributed by atoms with Crippen molar-refractivity contribution in [3.8, 4) is 0 Å². The normalized spacial score (nSPS) is 18.0. The fourth-order valence-electron chi connectivity index (χ4n) is 2.10. The zero-order valence-corrected chi connectivity index (χ0v) is 12.0. The molecule has 3 heteroatoms. The standard InChI is InChI=1S/C14H30N2O/c1-12(2)7-9-16(14-5-6-14)10-8-15-13(3)11-17-4/h12-15H,5-11H2,1-4H3. The van der Waals surface area contributed by atoms with Gasteiger partial charge in [0.1, 0.15) is 0 Å². The van der Waals surface area contributed by atoms with E-state index in [1.807, 2.05) is 0 Å². The lowest BCUT2D eigenvalue weighted by molar-refractivity contribution is 0.168. The van der Waals surface area contributed by atoms with Crippen LogP contribution in [-0.4, -0.2) is 50.3 Å². The highest BCUT2D eigenvalue weighted by Gasteiger charge is 2.28. The Labute approximate surface area is 107 Å². The van der Waals surface area contributed by atoms with E-state index in [2.05, 4.69) is 31.0 Å². The summed E-state index contributed by atoms with van der Waals surface area (Å²) in [5, 5.41) is 3.52. The Bertz CT molecular complexity index is 193. The van der Waals surface area contributed by atoms with Gasteiger partial charge in [0.2, 0.25) is 0 Å². The van der Waals surface area contributed by atoms with E-state index in [1.165, 1.54) is 32.4 Å². The largest absolute Gasteiger partial charge is 0.383 e. The van der Waals surface area contributed by atoms with Crippen molar-refractivity contribution in [2.24, 2.45) is 5.92 Å². The van der Waals surface area contributed by atoms with Crippen LogP contribution in [0, 0.1) is 5.92 Å². The molecule has 0 aromatic rings. The number of ether oxygens (including phenoxy) is 1. The van der Waals surface area contributed by atoms with Crippen molar-refractivity contribution in [2.45, 2.75) is 52.1 Å². The van der Waals surface area contributed by atoms with Gasteiger partial charge in [-0.2, -0.15) is 0 Å². The van der Waals surface area contributed by atoms with Crippen molar-refractivity contribution in [3.63, 3.8) is 0 Å². The fourth-order valence-corrected chi connectivity index (χ4v) is 2.10. The molecule has 1 aliphatic carbocycles. The number of rotatable bonds is 10. The summed E-state index contributed by atoms with van der Waals surface area (Å²) >= 11 is 0. The highest BCUT2D eigenvalue weighted by atomic mass is 16.5. The minimum absolute atomic E-state index is 0.464. The Kier molecular flexibility index (Phi) is 7.09. The lowest BCUT2D eigenvalue weighted by atomic mass is 10.1. The van der Waals surface area contributed by atoms with E-state index in [4.69, 9.17) is 4.74 Å². The second-order valence-corrected chi connectivity index (χ2v) is 5.76. The molecule has 1 N–H and O–H groups in total. The average Bonchev–Trinajstić information content (AvgIpc) is 3.07. The molecule has 0 aromatic heterocycles. The third-order valence-corrected chi connectivity index (χ3v) is 3.37. The minimum atomic E-state index is 0.464. The summed E-state index contributed by atoms with van der Waals surface area (Å²) in [6.07, 6.45) is 4.14. The first-order valence-electron chi connectivity index (χ1n) is 7.09. The lowest BCUT2D eigenvalue weighted by Gasteiger charge is -2.24. The predicted octanol–water partition coefficient (Wildman–Crippen LogP) is 2.12. The van der Waals surface area contributed by atoms with Crippen molar-refractivity contribution < 1.29 is 4.74 Å². The molecule has 1 fully saturated rings. The van der Waals surface area contributed by atoms with Gasteiger partial charge in [-0.15, -0.1) is 0 Å². The van der Waals surface area contributed by atoms with E-state index < -0.39 is 0 Å².